The molecule has 178 valence electrons. The van der Waals surface area contributed by atoms with Crippen LogP contribution in [0.3, 0.4) is 0 Å². The van der Waals surface area contributed by atoms with Gasteiger partial charge in [0.25, 0.3) is 11.8 Å². The molecule has 0 radical (unpaired) electrons. The zero-order chi connectivity index (χ0) is 25.5. The molecule has 0 saturated carbocycles. The van der Waals surface area contributed by atoms with Crippen molar-refractivity contribution in [1.29, 1.82) is 5.26 Å². The van der Waals surface area contributed by atoms with Crippen molar-refractivity contribution in [3.63, 3.8) is 0 Å². The summed E-state index contributed by atoms with van der Waals surface area (Å²) in [6, 6.07) is 17.6. The van der Waals surface area contributed by atoms with Crippen molar-refractivity contribution in [2.45, 2.75) is 13.8 Å². The molecule has 3 rings (SSSR count). The lowest BCUT2D eigenvalue weighted by Crippen LogP contribution is -2.20. The molecule has 2 amide bonds. The molecule has 0 bridgehead atoms. The van der Waals surface area contributed by atoms with E-state index in [2.05, 4.69) is 42.5 Å². The Labute approximate surface area is 225 Å². The van der Waals surface area contributed by atoms with Gasteiger partial charge in [-0.15, -0.1) is 0 Å². The minimum Gasteiger partial charge on any atom is -0.482 e. The van der Waals surface area contributed by atoms with Crippen LogP contribution in [-0.4, -0.2) is 18.4 Å². The van der Waals surface area contributed by atoms with Crippen molar-refractivity contribution in [3.8, 4) is 11.8 Å². The molecule has 0 heterocycles. The largest absolute Gasteiger partial charge is 0.482 e. The second-order valence-electron chi connectivity index (χ2n) is 7.58. The van der Waals surface area contributed by atoms with Gasteiger partial charge in [0.15, 0.2) is 6.61 Å². The van der Waals surface area contributed by atoms with Crippen molar-refractivity contribution in [2.24, 2.45) is 0 Å². The number of nitrogens with zero attached hydrogens (tertiary/aromatic N) is 1. The van der Waals surface area contributed by atoms with E-state index >= 15 is 0 Å². The van der Waals surface area contributed by atoms with Gasteiger partial charge in [0.1, 0.15) is 17.4 Å². The molecule has 0 fully saturated rings. The summed E-state index contributed by atoms with van der Waals surface area (Å²) in [5.74, 6) is -0.645. The van der Waals surface area contributed by atoms with Crippen molar-refractivity contribution in [3.05, 3.63) is 90.8 Å². The van der Waals surface area contributed by atoms with Crippen LogP contribution in [0.25, 0.3) is 6.08 Å². The molecule has 35 heavy (non-hydrogen) atoms. The lowest BCUT2D eigenvalue weighted by molar-refractivity contribution is -0.118. The van der Waals surface area contributed by atoms with Crippen LogP contribution >= 0.6 is 43.5 Å². The third-order valence-corrected chi connectivity index (χ3v) is 6.20. The Kier molecular flexibility index (Phi) is 9.10. The quantitative estimate of drug-likeness (QED) is 0.220. The first-order valence-electron chi connectivity index (χ1n) is 10.3. The number of amides is 2. The van der Waals surface area contributed by atoms with Crippen LogP contribution < -0.4 is 15.4 Å². The Bertz CT molecular complexity index is 1370. The molecule has 0 aliphatic rings. The predicted octanol–water partition coefficient (Wildman–Crippen LogP) is 7.05. The maximum Gasteiger partial charge on any atom is 0.266 e. The molecule has 0 aromatic heterocycles. The van der Waals surface area contributed by atoms with Gasteiger partial charge in [0, 0.05) is 26.4 Å². The number of halogens is 3. The molecule has 9 heteroatoms. The normalized spacial score (nSPS) is 10.9. The van der Waals surface area contributed by atoms with Gasteiger partial charge in [0.05, 0.1) is 4.47 Å². The number of ether oxygens (including phenoxy) is 1. The van der Waals surface area contributed by atoms with Crippen molar-refractivity contribution in [1.82, 2.24) is 0 Å². The fraction of sp³-hybridized carbons (Fsp3) is 0.115. The molecule has 0 unspecified atom stereocenters. The average molecular weight is 618 g/mol. The second kappa shape index (κ2) is 12.0. The van der Waals surface area contributed by atoms with E-state index in [1.807, 2.05) is 38.1 Å². The summed E-state index contributed by atoms with van der Waals surface area (Å²) < 4.78 is 7.02. The number of nitriles is 1. The first kappa shape index (κ1) is 26.5. The smallest absolute Gasteiger partial charge is 0.266 e. The van der Waals surface area contributed by atoms with Gasteiger partial charge in [-0.25, -0.2) is 0 Å². The maximum absolute atomic E-state index is 12.7. The fourth-order valence-electron chi connectivity index (χ4n) is 3.06. The van der Waals surface area contributed by atoms with E-state index in [4.69, 9.17) is 16.3 Å². The first-order chi connectivity index (χ1) is 16.7. The number of carbonyl (C=O) groups excluding carboxylic acids is 2. The number of rotatable bonds is 7. The van der Waals surface area contributed by atoms with Crippen molar-refractivity contribution >= 4 is 72.7 Å². The summed E-state index contributed by atoms with van der Waals surface area (Å²) >= 11 is 12.8. The van der Waals surface area contributed by atoms with Crippen LogP contribution in [0.2, 0.25) is 5.02 Å². The lowest BCUT2D eigenvalue weighted by Gasteiger charge is -2.13. The summed E-state index contributed by atoms with van der Waals surface area (Å²) in [4.78, 5) is 25.2. The Morgan fingerprint density at radius 2 is 1.77 bits per heavy atom. The van der Waals surface area contributed by atoms with Crippen LogP contribution in [0.1, 0.15) is 16.7 Å². The zero-order valence-electron chi connectivity index (χ0n) is 18.8. The van der Waals surface area contributed by atoms with Gasteiger partial charge >= 0.3 is 0 Å². The number of carbonyl (C=O) groups is 2. The van der Waals surface area contributed by atoms with E-state index in [9.17, 15) is 14.9 Å². The molecule has 0 aliphatic heterocycles. The van der Waals surface area contributed by atoms with Gasteiger partial charge in [-0.1, -0.05) is 39.7 Å². The van der Waals surface area contributed by atoms with E-state index < -0.39 is 5.91 Å². The molecule has 0 aliphatic carbocycles. The van der Waals surface area contributed by atoms with Gasteiger partial charge < -0.3 is 15.4 Å². The summed E-state index contributed by atoms with van der Waals surface area (Å²) in [6.07, 6.45) is 1.39. The van der Waals surface area contributed by atoms with E-state index in [0.29, 0.717) is 36.7 Å². The molecule has 0 atom stereocenters. The lowest BCUT2D eigenvalue weighted by atomic mass is 10.1. The minimum absolute atomic E-state index is 0.153. The number of benzene rings is 3. The SMILES string of the molecule is Cc1ccc(NC(=O)COc2c(Br)cc(Br)cc2/C=C(/C#N)C(=O)Nc2cccc(Cl)c2)cc1C. The Morgan fingerprint density at radius 1 is 1.03 bits per heavy atom. The Hall–Kier alpha value is -3.12. The van der Waals surface area contributed by atoms with Crippen LogP contribution in [-0.2, 0) is 9.59 Å². The molecule has 2 N–H and O–H groups in total. The summed E-state index contributed by atoms with van der Waals surface area (Å²) in [7, 11) is 0. The van der Waals surface area contributed by atoms with Crippen LogP contribution in [0.15, 0.2) is 69.1 Å². The molecule has 6 nitrogen and oxygen atoms in total. The van der Waals surface area contributed by atoms with Gasteiger partial charge in [0.2, 0.25) is 0 Å². The maximum atomic E-state index is 12.7. The highest BCUT2D eigenvalue weighted by Gasteiger charge is 2.16. The number of hydrogen-bond donors (Lipinski definition) is 2. The Balaban J connectivity index is 1.80. The van der Waals surface area contributed by atoms with Crippen LogP contribution in [0, 0.1) is 25.2 Å². The molecular weight excluding hydrogens is 598 g/mol. The monoisotopic (exact) mass is 615 g/mol. The van der Waals surface area contributed by atoms with Gasteiger partial charge in [-0.2, -0.15) is 5.26 Å². The fourth-order valence-corrected chi connectivity index (χ4v) is 4.63. The van der Waals surface area contributed by atoms with Crippen LogP contribution in [0.5, 0.6) is 5.75 Å². The number of hydrogen-bond acceptors (Lipinski definition) is 4. The third kappa shape index (κ3) is 7.43. The van der Waals surface area contributed by atoms with Gasteiger partial charge in [-0.3, -0.25) is 9.59 Å². The molecule has 3 aromatic rings. The Morgan fingerprint density at radius 3 is 2.46 bits per heavy atom. The first-order valence-corrected chi connectivity index (χ1v) is 12.3. The van der Waals surface area contributed by atoms with E-state index in [0.717, 1.165) is 11.1 Å². The van der Waals surface area contributed by atoms with E-state index in [-0.39, 0.29) is 18.1 Å². The molecule has 0 saturated heterocycles. The molecular formula is C26H20Br2ClN3O3. The highest BCUT2D eigenvalue weighted by atomic mass is 79.9. The second-order valence-corrected chi connectivity index (χ2v) is 9.78. The zero-order valence-corrected chi connectivity index (χ0v) is 22.7. The molecule has 3 aromatic carbocycles. The summed E-state index contributed by atoms with van der Waals surface area (Å²) in [5, 5.41) is 15.5. The number of anilines is 2. The average Bonchev–Trinajstić information content (AvgIpc) is 2.79. The van der Waals surface area contributed by atoms with Gasteiger partial charge in [-0.05, 0) is 89.4 Å². The van der Waals surface area contributed by atoms with E-state index in [1.165, 1.54) is 6.08 Å². The summed E-state index contributed by atoms with van der Waals surface area (Å²) in [6.45, 7) is 3.69. The third-order valence-electron chi connectivity index (χ3n) is 4.92. The van der Waals surface area contributed by atoms with Crippen molar-refractivity contribution < 1.29 is 14.3 Å². The van der Waals surface area contributed by atoms with Crippen LogP contribution in [0.4, 0.5) is 11.4 Å². The predicted molar refractivity (Wildman–Crippen MR) is 146 cm³/mol. The number of aryl methyl sites for hydroxylation is 2. The highest BCUT2D eigenvalue weighted by Crippen LogP contribution is 2.34. The highest BCUT2D eigenvalue weighted by molar-refractivity contribution is 9.11. The van der Waals surface area contributed by atoms with Crippen molar-refractivity contribution in [2.75, 3.05) is 17.2 Å². The minimum atomic E-state index is -0.607. The standard InChI is InChI=1S/C26H20Br2ClN3O3/c1-15-6-7-22(8-16(15)2)31-24(33)14-35-25-17(10-19(27)11-23(25)28)9-18(13-30)26(34)32-21-5-3-4-20(29)12-21/h3-12H,14H2,1-2H3,(H,31,33)(H,32,34)/b18-9-. The summed E-state index contributed by atoms with van der Waals surface area (Å²) in [5.41, 5.74) is 3.59. The topological polar surface area (TPSA) is 91.2 Å². The molecule has 0 spiro atoms. The van der Waals surface area contributed by atoms with E-state index in [1.54, 1.807) is 36.4 Å². The number of nitrogens with one attached hydrogen (secondary N) is 2.